The summed E-state index contributed by atoms with van der Waals surface area (Å²) in [5.41, 5.74) is 0.267. The zero-order valence-corrected chi connectivity index (χ0v) is 14.3. The fraction of sp³-hybridized carbons (Fsp3) is 0.176. The summed E-state index contributed by atoms with van der Waals surface area (Å²) in [6.07, 6.45) is -1.15. The van der Waals surface area contributed by atoms with E-state index in [9.17, 15) is 17.6 Å². The Labute approximate surface area is 149 Å². The van der Waals surface area contributed by atoms with E-state index in [2.05, 4.69) is 15.9 Å². The molecule has 0 N–H and O–H groups in total. The van der Waals surface area contributed by atoms with Gasteiger partial charge in [-0.3, -0.25) is 0 Å². The maximum absolute atomic E-state index is 14.2. The van der Waals surface area contributed by atoms with Gasteiger partial charge in [-0.05, 0) is 41.5 Å². The van der Waals surface area contributed by atoms with Crippen LogP contribution >= 0.6 is 27.5 Å². The minimum absolute atomic E-state index is 0.0664. The van der Waals surface area contributed by atoms with Crippen molar-refractivity contribution in [2.45, 2.75) is 17.9 Å². The molecular formula is C17H10BrClF4O. The molecule has 0 aromatic heterocycles. The lowest BCUT2D eigenvalue weighted by Crippen LogP contribution is -2.39. The van der Waals surface area contributed by atoms with Crippen LogP contribution in [0.25, 0.3) is 6.08 Å². The maximum Gasteiger partial charge on any atom is 0.370 e. The topological polar surface area (TPSA) is 9.23 Å². The van der Waals surface area contributed by atoms with Crippen molar-refractivity contribution in [2.24, 2.45) is 0 Å². The highest BCUT2D eigenvalue weighted by molar-refractivity contribution is 9.10. The van der Waals surface area contributed by atoms with E-state index in [1.54, 1.807) is 12.1 Å². The van der Waals surface area contributed by atoms with Crippen LogP contribution in [-0.2, 0) is 4.74 Å². The molecule has 1 unspecified atom stereocenters. The average molecular weight is 422 g/mol. The Morgan fingerprint density at radius 2 is 1.54 bits per heavy atom. The van der Waals surface area contributed by atoms with Crippen LogP contribution in [0.4, 0.5) is 17.6 Å². The third-order valence-corrected chi connectivity index (χ3v) is 4.42. The molecule has 24 heavy (non-hydrogen) atoms. The Hall–Kier alpha value is -1.53. The molecule has 126 valence electrons. The van der Waals surface area contributed by atoms with Gasteiger partial charge in [0.15, 0.2) is 11.9 Å². The molecule has 1 aliphatic heterocycles. The van der Waals surface area contributed by atoms with E-state index >= 15 is 0 Å². The van der Waals surface area contributed by atoms with Crippen molar-refractivity contribution in [3.8, 4) is 0 Å². The van der Waals surface area contributed by atoms with Crippen LogP contribution in [0.1, 0.15) is 17.2 Å². The minimum Gasteiger partial charge on any atom is -0.477 e. The summed E-state index contributed by atoms with van der Waals surface area (Å²) in [4.78, 5) is 0. The molecule has 0 spiro atoms. The average Bonchev–Trinajstić information content (AvgIpc) is 2.70. The lowest BCUT2D eigenvalue weighted by atomic mass is 10.0. The first-order chi connectivity index (χ1) is 11.2. The second kappa shape index (κ2) is 6.08. The molecule has 1 heterocycles. The van der Waals surface area contributed by atoms with Crippen molar-refractivity contribution < 1.29 is 22.3 Å². The first-order valence-corrected chi connectivity index (χ1v) is 8.04. The third kappa shape index (κ3) is 2.93. The molecule has 0 radical (unpaired) electrons. The number of alkyl halides is 4. The van der Waals surface area contributed by atoms with Crippen LogP contribution in [0.5, 0.6) is 0 Å². The maximum atomic E-state index is 14.2. The van der Waals surface area contributed by atoms with Gasteiger partial charge >= 0.3 is 11.8 Å². The van der Waals surface area contributed by atoms with Crippen LogP contribution in [0, 0.1) is 0 Å². The highest BCUT2D eigenvalue weighted by atomic mass is 79.9. The monoisotopic (exact) mass is 420 g/mol. The van der Waals surface area contributed by atoms with Crippen molar-refractivity contribution in [1.29, 1.82) is 0 Å². The van der Waals surface area contributed by atoms with E-state index in [0.29, 0.717) is 10.6 Å². The molecule has 0 amide bonds. The molecular weight excluding hydrogens is 412 g/mol. The lowest BCUT2D eigenvalue weighted by Gasteiger charge is -2.20. The molecule has 7 heteroatoms. The van der Waals surface area contributed by atoms with Gasteiger partial charge in [-0.15, -0.1) is 0 Å². The molecule has 1 fully saturated rings. The number of allylic oxidation sites excluding steroid dienone is 1. The van der Waals surface area contributed by atoms with Crippen molar-refractivity contribution in [3.05, 3.63) is 74.9 Å². The summed E-state index contributed by atoms with van der Waals surface area (Å²) in [6.45, 7) is 0. The van der Waals surface area contributed by atoms with E-state index in [-0.39, 0.29) is 5.56 Å². The molecule has 0 saturated carbocycles. The van der Waals surface area contributed by atoms with Crippen LogP contribution in [-0.4, -0.2) is 11.8 Å². The van der Waals surface area contributed by atoms with Crippen LogP contribution < -0.4 is 0 Å². The van der Waals surface area contributed by atoms with Crippen molar-refractivity contribution in [3.63, 3.8) is 0 Å². The van der Waals surface area contributed by atoms with E-state index < -0.39 is 23.7 Å². The predicted octanol–water partition coefficient (Wildman–Crippen LogP) is 6.49. The van der Waals surface area contributed by atoms with Gasteiger partial charge < -0.3 is 4.74 Å². The highest BCUT2D eigenvalue weighted by Gasteiger charge is 2.71. The second-order valence-corrected chi connectivity index (χ2v) is 6.66. The van der Waals surface area contributed by atoms with Gasteiger partial charge in [0.2, 0.25) is 0 Å². The summed E-state index contributed by atoms with van der Waals surface area (Å²) in [5.74, 6) is -9.85. The third-order valence-electron chi connectivity index (χ3n) is 3.64. The summed E-state index contributed by atoms with van der Waals surface area (Å²) in [7, 11) is 0. The van der Waals surface area contributed by atoms with E-state index in [4.69, 9.17) is 16.3 Å². The molecule has 1 atom stereocenters. The number of hydrogen-bond acceptors (Lipinski definition) is 1. The number of ether oxygens (including phenoxy) is 1. The van der Waals surface area contributed by atoms with Gasteiger partial charge in [0.05, 0.1) is 0 Å². The Kier molecular flexibility index (Phi) is 4.38. The second-order valence-electron chi connectivity index (χ2n) is 5.31. The van der Waals surface area contributed by atoms with Gasteiger partial charge in [0, 0.05) is 9.50 Å². The molecule has 2 aromatic carbocycles. The first-order valence-electron chi connectivity index (χ1n) is 6.87. The molecule has 3 rings (SSSR count). The van der Waals surface area contributed by atoms with Gasteiger partial charge in [0.25, 0.3) is 0 Å². The van der Waals surface area contributed by atoms with Crippen LogP contribution in [0.3, 0.4) is 0 Å². The molecule has 1 saturated heterocycles. The van der Waals surface area contributed by atoms with Gasteiger partial charge in [0.1, 0.15) is 0 Å². The van der Waals surface area contributed by atoms with E-state index in [1.165, 1.54) is 36.4 Å². The number of halogens is 6. The van der Waals surface area contributed by atoms with Gasteiger partial charge in [-0.25, -0.2) is 0 Å². The SMILES string of the molecule is FC1(F)/C(=C/c2ccc(Br)cc2)OC(c2ccc(Cl)cc2)C1(F)F. The quantitative estimate of drug-likeness (QED) is 0.504. The van der Waals surface area contributed by atoms with Gasteiger partial charge in [-0.1, -0.05) is 51.8 Å². The Balaban J connectivity index is 2.00. The summed E-state index contributed by atoms with van der Waals surface area (Å²) >= 11 is 8.92. The van der Waals surface area contributed by atoms with Crippen molar-refractivity contribution in [1.82, 2.24) is 0 Å². The van der Waals surface area contributed by atoms with Gasteiger partial charge in [-0.2, -0.15) is 17.6 Å². The van der Waals surface area contributed by atoms with Crippen molar-refractivity contribution >= 4 is 33.6 Å². The number of rotatable bonds is 2. The number of hydrogen-bond donors (Lipinski definition) is 0. The Morgan fingerprint density at radius 3 is 2.12 bits per heavy atom. The Bertz CT molecular complexity index is 772. The van der Waals surface area contributed by atoms with Crippen LogP contribution in [0.2, 0.25) is 5.02 Å². The predicted molar refractivity (Wildman–Crippen MR) is 87.3 cm³/mol. The smallest absolute Gasteiger partial charge is 0.370 e. The summed E-state index contributed by atoms with van der Waals surface area (Å²) in [5, 5.41) is 0.317. The normalized spacial score (nSPS) is 23.2. The summed E-state index contributed by atoms with van der Waals surface area (Å²) < 4.78 is 62.5. The highest BCUT2D eigenvalue weighted by Crippen LogP contribution is 2.56. The molecule has 1 aliphatic rings. The Morgan fingerprint density at radius 1 is 0.958 bits per heavy atom. The standard InChI is InChI=1S/C17H10BrClF4O/c18-12-5-1-10(2-6-12)9-14-16(20,21)17(22,23)15(24-14)11-3-7-13(19)8-4-11/h1-9,15H/b14-9-. The minimum atomic E-state index is -4.41. The summed E-state index contributed by atoms with van der Waals surface area (Å²) in [6, 6.07) is 11.5. The number of benzene rings is 2. The largest absolute Gasteiger partial charge is 0.477 e. The fourth-order valence-electron chi connectivity index (χ4n) is 2.35. The zero-order valence-electron chi connectivity index (χ0n) is 11.9. The van der Waals surface area contributed by atoms with E-state index in [1.807, 2.05) is 0 Å². The first kappa shape index (κ1) is 17.3. The molecule has 2 aromatic rings. The molecule has 0 bridgehead atoms. The van der Waals surface area contributed by atoms with E-state index in [0.717, 1.165) is 10.5 Å². The lowest BCUT2D eigenvalue weighted by molar-refractivity contribution is -0.183. The van der Waals surface area contributed by atoms with Crippen LogP contribution in [0.15, 0.2) is 58.8 Å². The van der Waals surface area contributed by atoms with Crippen molar-refractivity contribution in [2.75, 3.05) is 0 Å². The fourth-order valence-corrected chi connectivity index (χ4v) is 2.74. The molecule has 1 nitrogen and oxygen atoms in total. The zero-order chi connectivity index (χ0) is 17.5. The molecule has 0 aliphatic carbocycles.